The fraction of sp³-hybridized carbons (Fsp3) is 0.364. The van der Waals surface area contributed by atoms with E-state index in [1.807, 2.05) is 13.0 Å². The topological polar surface area (TPSA) is 79.1 Å². The Bertz CT molecular complexity index is 456. The van der Waals surface area contributed by atoms with E-state index in [4.69, 9.17) is 28.3 Å². The molecule has 0 spiro atoms. The maximum atomic E-state index is 14.0. The lowest BCUT2D eigenvalue weighted by Crippen LogP contribution is -2.26. The Labute approximate surface area is 105 Å². The van der Waals surface area contributed by atoms with Crippen LogP contribution in [0.2, 0.25) is 5.02 Å². The van der Waals surface area contributed by atoms with E-state index in [1.165, 1.54) is 6.07 Å². The maximum absolute atomic E-state index is 14.0. The molecule has 1 aromatic carbocycles. The normalized spacial score (nSPS) is 10.0. The molecule has 6 heteroatoms. The van der Waals surface area contributed by atoms with Gasteiger partial charge in [0, 0.05) is 13.1 Å². The summed E-state index contributed by atoms with van der Waals surface area (Å²) >= 11 is 5.74. The van der Waals surface area contributed by atoms with Crippen molar-refractivity contribution in [3.05, 3.63) is 16.9 Å². The zero-order chi connectivity index (χ0) is 13.0. The molecule has 0 fully saturated rings. The van der Waals surface area contributed by atoms with Crippen LogP contribution >= 0.6 is 11.6 Å². The van der Waals surface area contributed by atoms with Crippen LogP contribution in [0.15, 0.2) is 6.07 Å². The Morgan fingerprint density at radius 1 is 1.47 bits per heavy atom. The lowest BCUT2D eigenvalue weighted by atomic mass is 10.2. The second-order valence-corrected chi connectivity index (χ2v) is 3.90. The molecule has 0 unspecified atom stereocenters. The second-order valence-electron chi connectivity index (χ2n) is 3.52. The molecule has 92 valence electrons. The molecular weight excluding hydrogens is 243 g/mol. The van der Waals surface area contributed by atoms with Gasteiger partial charge in [-0.25, -0.2) is 4.39 Å². The molecule has 4 N–H and O–H groups in total. The number of nitrogens with zero attached hydrogens (tertiary/aromatic N) is 2. The number of nitriles is 1. The number of hydrogen-bond donors (Lipinski definition) is 2. The third kappa shape index (κ3) is 2.71. The quantitative estimate of drug-likeness (QED) is 0.811. The molecule has 0 heterocycles. The van der Waals surface area contributed by atoms with E-state index >= 15 is 0 Å². The second kappa shape index (κ2) is 5.60. The zero-order valence-electron chi connectivity index (χ0n) is 9.50. The molecule has 17 heavy (non-hydrogen) atoms. The average molecular weight is 257 g/mol. The highest BCUT2D eigenvalue weighted by Gasteiger charge is 2.18. The molecule has 0 saturated heterocycles. The molecule has 0 saturated carbocycles. The number of hydrogen-bond acceptors (Lipinski definition) is 4. The van der Waals surface area contributed by atoms with Crippen LogP contribution in [-0.4, -0.2) is 13.1 Å². The SMILES string of the molecule is CCN(CCC#N)c1c(N)cc(N)c(Cl)c1F. The largest absolute Gasteiger partial charge is 0.397 e. The number of halogens is 2. The van der Waals surface area contributed by atoms with Crippen molar-refractivity contribution in [2.24, 2.45) is 0 Å². The predicted octanol–water partition coefficient (Wildman–Crippen LogP) is 2.38. The van der Waals surface area contributed by atoms with E-state index in [9.17, 15) is 4.39 Å². The summed E-state index contributed by atoms with van der Waals surface area (Å²) in [6, 6.07) is 3.43. The molecule has 0 aliphatic carbocycles. The zero-order valence-corrected chi connectivity index (χ0v) is 10.3. The summed E-state index contributed by atoms with van der Waals surface area (Å²) in [5.41, 5.74) is 11.8. The number of nitrogen functional groups attached to an aromatic ring is 2. The van der Waals surface area contributed by atoms with E-state index < -0.39 is 5.82 Å². The van der Waals surface area contributed by atoms with Crippen LogP contribution in [0.5, 0.6) is 0 Å². The molecule has 0 radical (unpaired) electrons. The third-order valence-corrected chi connectivity index (χ3v) is 2.81. The highest BCUT2D eigenvalue weighted by Crippen LogP contribution is 2.36. The smallest absolute Gasteiger partial charge is 0.169 e. The van der Waals surface area contributed by atoms with Crippen LogP contribution in [0, 0.1) is 17.1 Å². The highest BCUT2D eigenvalue weighted by molar-refractivity contribution is 6.33. The van der Waals surface area contributed by atoms with Crippen LogP contribution in [0.4, 0.5) is 21.5 Å². The molecule has 0 bridgehead atoms. The Balaban J connectivity index is 3.20. The Kier molecular flexibility index (Phi) is 4.41. The summed E-state index contributed by atoms with van der Waals surface area (Å²) in [6.45, 7) is 2.78. The van der Waals surface area contributed by atoms with Gasteiger partial charge in [0.05, 0.1) is 29.6 Å². The van der Waals surface area contributed by atoms with Gasteiger partial charge in [0.25, 0.3) is 0 Å². The molecule has 4 nitrogen and oxygen atoms in total. The van der Waals surface area contributed by atoms with Gasteiger partial charge in [0.1, 0.15) is 5.02 Å². The predicted molar refractivity (Wildman–Crippen MR) is 68.4 cm³/mol. The Morgan fingerprint density at radius 3 is 2.65 bits per heavy atom. The summed E-state index contributed by atoms with van der Waals surface area (Å²) in [5, 5.41) is 8.41. The van der Waals surface area contributed by atoms with Crippen molar-refractivity contribution in [1.82, 2.24) is 0 Å². The monoisotopic (exact) mass is 256 g/mol. The Hall–Kier alpha value is -1.67. The summed E-state index contributed by atoms with van der Waals surface area (Å²) in [7, 11) is 0. The first kappa shape index (κ1) is 13.4. The van der Waals surface area contributed by atoms with Crippen LogP contribution in [0.25, 0.3) is 0 Å². The molecule has 0 aliphatic rings. The van der Waals surface area contributed by atoms with Crippen molar-refractivity contribution >= 4 is 28.7 Å². The molecule has 1 rings (SSSR count). The van der Waals surface area contributed by atoms with Gasteiger partial charge in [-0.3, -0.25) is 0 Å². The lowest BCUT2D eigenvalue weighted by molar-refractivity contribution is 0.620. The van der Waals surface area contributed by atoms with Gasteiger partial charge in [-0.1, -0.05) is 11.6 Å². The van der Waals surface area contributed by atoms with Crippen molar-refractivity contribution in [1.29, 1.82) is 5.26 Å². The molecular formula is C11H14ClFN4. The van der Waals surface area contributed by atoms with Gasteiger partial charge < -0.3 is 16.4 Å². The Morgan fingerprint density at radius 2 is 2.12 bits per heavy atom. The number of rotatable bonds is 4. The van der Waals surface area contributed by atoms with Crippen molar-refractivity contribution in [3.8, 4) is 6.07 Å². The van der Waals surface area contributed by atoms with Crippen molar-refractivity contribution in [2.75, 3.05) is 29.5 Å². The number of benzene rings is 1. The van der Waals surface area contributed by atoms with E-state index in [0.29, 0.717) is 13.1 Å². The minimum Gasteiger partial charge on any atom is -0.397 e. The van der Waals surface area contributed by atoms with Gasteiger partial charge in [-0.2, -0.15) is 5.26 Å². The summed E-state index contributed by atoms with van der Waals surface area (Å²) in [6.07, 6.45) is 0.286. The van der Waals surface area contributed by atoms with E-state index in [0.717, 1.165) is 0 Å². The van der Waals surface area contributed by atoms with E-state index in [1.54, 1.807) is 4.90 Å². The third-order valence-electron chi connectivity index (χ3n) is 2.43. The van der Waals surface area contributed by atoms with Gasteiger partial charge >= 0.3 is 0 Å². The standard InChI is InChI=1S/C11H14ClFN4/c1-2-17(5-3-4-14)11-8(16)6-7(15)9(12)10(11)13/h6H,2-3,5,15-16H2,1H3. The van der Waals surface area contributed by atoms with Crippen LogP contribution < -0.4 is 16.4 Å². The minimum atomic E-state index is -0.635. The average Bonchev–Trinajstić information content (AvgIpc) is 2.30. The van der Waals surface area contributed by atoms with Gasteiger partial charge in [0.2, 0.25) is 0 Å². The van der Waals surface area contributed by atoms with Gasteiger partial charge in [0.15, 0.2) is 5.82 Å². The van der Waals surface area contributed by atoms with E-state index in [2.05, 4.69) is 0 Å². The summed E-state index contributed by atoms with van der Waals surface area (Å²) in [4.78, 5) is 1.67. The van der Waals surface area contributed by atoms with E-state index in [-0.39, 0.29) is 28.5 Å². The molecule has 1 aromatic rings. The van der Waals surface area contributed by atoms with Crippen LogP contribution in [0.3, 0.4) is 0 Å². The molecule has 0 amide bonds. The van der Waals surface area contributed by atoms with Crippen molar-refractivity contribution in [2.45, 2.75) is 13.3 Å². The molecule has 0 aromatic heterocycles. The molecule has 0 atom stereocenters. The number of anilines is 3. The fourth-order valence-electron chi connectivity index (χ4n) is 1.59. The van der Waals surface area contributed by atoms with Gasteiger partial charge in [-0.05, 0) is 13.0 Å². The van der Waals surface area contributed by atoms with Crippen LogP contribution in [0.1, 0.15) is 13.3 Å². The van der Waals surface area contributed by atoms with Crippen molar-refractivity contribution < 1.29 is 4.39 Å². The van der Waals surface area contributed by atoms with Crippen molar-refractivity contribution in [3.63, 3.8) is 0 Å². The summed E-state index contributed by atoms with van der Waals surface area (Å²) < 4.78 is 14.0. The summed E-state index contributed by atoms with van der Waals surface area (Å²) in [5.74, 6) is -0.635. The lowest BCUT2D eigenvalue weighted by Gasteiger charge is -2.24. The first-order valence-electron chi connectivity index (χ1n) is 5.17. The van der Waals surface area contributed by atoms with Gasteiger partial charge in [-0.15, -0.1) is 0 Å². The minimum absolute atomic E-state index is 0.113. The highest BCUT2D eigenvalue weighted by atomic mass is 35.5. The maximum Gasteiger partial charge on any atom is 0.169 e. The number of nitrogens with two attached hydrogens (primary N) is 2. The van der Waals surface area contributed by atoms with Crippen LogP contribution in [-0.2, 0) is 0 Å². The fourth-order valence-corrected chi connectivity index (χ4v) is 1.74. The first-order valence-corrected chi connectivity index (χ1v) is 5.55. The molecule has 0 aliphatic heterocycles. The first-order chi connectivity index (χ1) is 8.02.